The van der Waals surface area contributed by atoms with Crippen molar-refractivity contribution < 1.29 is 14.3 Å². The number of esters is 1. The molecule has 0 fully saturated rings. The summed E-state index contributed by atoms with van der Waals surface area (Å²) in [6, 6.07) is 5.72. The zero-order valence-electron chi connectivity index (χ0n) is 10.8. The molecule has 7 heteroatoms. The normalized spacial score (nSPS) is 10.5. The molecule has 0 spiro atoms. The topological polar surface area (TPSA) is 68.3 Å². The molecule has 0 saturated carbocycles. The fourth-order valence-corrected chi connectivity index (χ4v) is 3.02. The van der Waals surface area contributed by atoms with Gasteiger partial charge in [-0.3, -0.25) is 9.59 Å². The van der Waals surface area contributed by atoms with Crippen LogP contribution in [-0.2, 0) is 14.3 Å². The molecule has 2 rings (SSSR count). The predicted octanol–water partition coefficient (Wildman–Crippen LogP) is 3.34. The van der Waals surface area contributed by atoms with Crippen molar-refractivity contribution in [3.05, 3.63) is 22.7 Å². The number of hydrogen-bond donors (Lipinski definition) is 1. The number of nitrogens with zero attached hydrogens (tertiary/aromatic N) is 1. The highest BCUT2D eigenvalue weighted by Crippen LogP contribution is 2.28. The van der Waals surface area contributed by atoms with Crippen molar-refractivity contribution in [1.29, 1.82) is 0 Å². The van der Waals surface area contributed by atoms with Gasteiger partial charge in [-0.05, 0) is 25.1 Å². The van der Waals surface area contributed by atoms with Crippen LogP contribution < -0.4 is 5.32 Å². The number of carbonyl (C=O) groups excluding carboxylic acids is 2. The molecular formula is C13H13BrN2O3S. The van der Waals surface area contributed by atoms with Gasteiger partial charge in [-0.15, -0.1) is 0 Å². The molecule has 106 valence electrons. The van der Waals surface area contributed by atoms with Crippen molar-refractivity contribution in [2.24, 2.45) is 0 Å². The van der Waals surface area contributed by atoms with E-state index in [9.17, 15) is 9.59 Å². The Morgan fingerprint density at radius 2 is 2.20 bits per heavy atom. The van der Waals surface area contributed by atoms with Gasteiger partial charge in [0.05, 0.1) is 23.2 Å². The Labute approximate surface area is 128 Å². The standard InChI is InChI=1S/C13H13BrN2O3S/c1-2-19-12(18)6-5-11(17)16-13-15-9-4-3-8(14)7-10(9)20-13/h3-4,7H,2,5-6H2,1H3,(H,15,16,17). The summed E-state index contributed by atoms with van der Waals surface area (Å²) in [4.78, 5) is 27.2. The lowest BCUT2D eigenvalue weighted by Crippen LogP contribution is -2.14. The number of amides is 1. The van der Waals surface area contributed by atoms with Crippen molar-refractivity contribution in [3.8, 4) is 0 Å². The second-order valence-corrected chi connectivity index (χ2v) is 5.93. The van der Waals surface area contributed by atoms with Gasteiger partial charge in [-0.1, -0.05) is 27.3 Å². The van der Waals surface area contributed by atoms with Crippen LogP contribution >= 0.6 is 27.3 Å². The molecule has 0 saturated heterocycles. The predicted molar refractivity (Wildman–Crippen MR) is 81.8 cm³/mol. The van der Waals surface area contributed by atoms with Gasteiger partial charge in [0.1, 0.15) is 0 Å². The highest BCUT2D eigenvalue weighted by molar-refractivity contribution is 9.10. The molecule has 0 atom stereocenters. The third-order valence-electron chi connectivity index (χ3n) is 2.46. The highest BCUT2D eigenvalue weighted by Gasteiger charge is 2.10. The fourth-order valence-electron chi connectivity index (χ4n) is 1.58. The number of aromatic nitrogens is 1. The van der Waals surface area contributed by atoms with E-state index in [1.54, 1.807) is 6.92 Å². The van der Waals surface area contributed by atoms with E-state index in [2.05, 4.69) is 26.2 Å². The highest BCUT2D eigenvalue weighted by atomic mass is 79.9. The van der Waals surface area contributed by atoms with Gasteiger partial charge in [0, 0.05) is 10.9 Å². The van der Waals surface area contributed by atoms with Gasteiger partial charge in [-0.25, -0.2) is 4.98 Å². The number of ether oxygens (including phenoxy) is 1. The van der Waals surface area contributed by atoms with Crippen LogP contribution in [0.4, 0.5) is 5.13 Å². The Balaban J connectivity index is 1.94. The second-order valence-electron chi connectivity index (χ2n) is 3.98. The maximum absolute atomic E-state index is 11.7. The first-order chi connectivity index (χ1) is 9.58. The summed E-state index contributed by atoms with van der Waals surface area (Å²) in [5, 5.41) is 3.23. The minimum Gasteiger partial charge on any atom is -0.466 e. The minimum absolute atomic E-state index is 0.0795. The summed E-state index contributed by atoms with van der Waals surface area (Å²) in [7, 11) is 0. The van der Waals surface area contributed by atoms with Crippen LogP contribution in [0.2, 0.25) is 0 Å². The summed E-state index contributed by atoms with van der Waals surface area (Å²) in [5.41, 5.74) is 0.832. The summed E-state index contributed by atoms with van der Waals surface area (Å²) in [6.45, 7) is 2.06. The molecule has 20 heavy (non-hydrogen) atoms. The number of fused-ring (bicyclic) bond motifs is 1. The summed E-state index contributed by atoms with van der Waals surface area (Å²) >= 11 is 4.78. The lowest BCUT2D eigenvalue weighted by Gasteiger charge is -2.01. The first kappa shape index (κ1) is 14.9. The molecule has 5 nitrogen and oxygen atoms in total. The number of anilines is 1. The zero-order valence-corrected chi connectivity index (χ0v) is 13.2. The van der Waals surface area contributed by atoms with E-state index >= 15 is 0 Å². The van der Waals surface area contributed by atoms with Crippen LogP contribution in [-0.4, -0.2) is 23.5 Å². The quantitative estimate of drug-likeness (QED) is 0.834. The van der Waals surface area contributed by atoms with E-state index in [0.717, 1.165) is 14.7 Å². The molecule has 0 radical (unpaired) electrons. The summed E-state index contributed by atoms with van der Waals surface area (Å²) in [5.74, 6) is -0.605. The SMILES string of the molecule is CCOC(=O)CCC(=O)Nc1nc2ccc(Br)cc2s1. The maximum Gasteiger partial charge on any atom is 0.306 e. The van der Waals surface area contributed by atoms with E-state index in [4.69, 9.17) is 4.74 Å². The van der Waals surface area contributed by atoms with Gasteiger partial charge >= 0.3 is 5.97 Å². The Morgan fingerprint density at radius 1 is 1.40 bits per heavy atom. The van der Waals surface area contributed by atoms with E-state index in [0.29, 0.717) is 11.7 Å². The fraction of sp³-hybridized carbons (Fsp3) is 0.308. The zero-order chi connectivity index (χ0) is 14.5. The van der Waals surface area contributed by atoms with Crippen LogP contribution in [0.15, 0.2) is 22.7 Å². The van der Waals surface area contributed by atoms with Crippen molar-refractivity contribution in [3.63, 3.8) is 0 Å². The Morgan fingerprint density at radius 3 is 2.95 bits per heavy atom. The largest absolute Gasteiger partial charge is 0.466 e. The van der Waals surface area contributed by atoms with Crippen molar-refractivity contribution in [2.75, 3.05) is 11.9 Å². The smallest absolute Gasteiger partial charge is 0.306 e. The first-order valence-corrected chi connectivity index (χ1v) is 7.71. The lowest BCUT2D eigenvalue weighted by atomic mass is 10.3. The molecule has 0 aliphatic carbocycles. The number of hydrogen-bond acceptors (Lipinski definition) is 5. The van der Waals surface area contributed by atoms with E-state index in [1.807, 2.05) is 18.2 Å². The number of benzene rings is 1. The van der Waals surface area contributed by atoms with Gasteiger partial charge in [0.25, 0.3) is 0 Å². The third kappa shape index (κ3) is 4.01. The molecule has 2 aromatic rings. The van der Waals surface area contributed by atoms with Gasteiger partial charge in [-0.2, -0.15) is 0 Å². The van der Waals surface area contributed by atoms with Crippen molar-refractivity contribution >= 4 is 54.5 Å². The Kier molecular flexibility index (Phi) is 5.08. The molecule has 1 aromatic carbocycles. The average Bonchev–Trinajstić information content (AvgIpc) is 2.78. The van der Waals surface area contributed by atoms with E-state index in [-0.39, 0.29) is 24.7 Å². The van der Waals surface area contributed by atoms with E-state index in [1.165, 1.54) is 11.3 Å². The molecule has 0 bridgehead atoms. The molecule has 1 aromatic heterocycles. The number of nitrogens with one attached hydrogen (secondary N) is 1. The van der Waals surface area contributed by atoms with E-state index < -0.39 is 0 Å². The monoisotopic (exact) mass is 356 g/mol. The minimum atomic E-state index is -0.365. The van der Waals surface area contributed by atoms with Crippen LogP contribution in [0.5, 0.6) is 0 Å². The van der Waals surface area contributed by atoms with Crippen LogP contribution in [0.1, 0.15) is 19.8 Å². The number of carbonyl (C=O) groups is 2. The van der Waals surface area contributed by atoms with Crippen molar-refractivity contribution in [2.45, 2.75) is 19.8 Å². The molecule has 0 unspecified atom stereocenters. The summed E-state index contributed by atoms with van der Waals surface area (Å²) < 4.78 is 6.72. The van der Waals surface area contributed by atoms with Crippen LogP contribution in [0.3, 0.4) is 0 Å². The maximum atomic E-state index is 11.7. The number of rotatable bonds is 5. The average molecular weight is 357 g/mol. The van der Waals surface area contributed by atoms with Gasteiger partial charge < -0.3 is 10.1 Å². The lowest BCUT2D eigenvalue weighted by molar-refractivity contribution is -0.144. The Hall–Kier alpha value is -1.47. The van der Waals surface area contributed by atoms with Gasteiger partial charge in [0.15, 0.2) is 5.13 Å². The summed E-state index contributed by atoms with van der Waals surface area (Å²) in [6.07, 6.45) is 0.175. The van der Waals surface area contributed by atoms with Crippen molar-refractivity contribution in [1.82, 2.24) is 4.98 Å². The number of thiazole rings is 1. The second kappa shape index (κ2) is 6.81. The molecule has 1 amide bonds. The molecule has 0 aliphatic heterocycles. The molecular weight excluding hydrogens is 344 g/mol. The first-order valence-electron chi connectivity index (χ1n) is 6.10. The molecule has 1 N–H and O–H groups in total. The van der Waals surface area contributed by atoms with Gasteiger partial charge in [0.2, 0.25) is 5.91 Å². The molecule has 1 heterocycles. The van der Waals surface area contributed by atoms with Crippen LogP contribution in [0.25, 0.3) is 10.2 Å². The number of halogens is 1. The third-order valence-corrected chi connectivity index (χ3v) is 3.89. The van der Waals surface area contributed by atoms with Crippen LogP contribution in [0, 0.1) is 0 Å². The molecule has 0 aliphatic rings. The Bertz CT molecular complexity index is 642.